The Morgan fingerprint density at radius 2 is 1.74 bits per heavy atom. The Balaban J connectivity index is 2.03. The minimum absolute atomic E-state index is 0.567. The molecule has 0 spiro atoms. The normalized spacial score (nSPS) is 10.2. The summed E-state index contributed by atoms with van der Waals surface area (Å²) in [6.07, 6.45) is 0.981. The van der Waals surface area contributed by atoms with Gasteiger partial charge >= 0.3 is 0 Å². The lowest BCUT2D eigenvalue weighted by atomic mass is 10.1. The summed E-state index contributed by atoms with van der Waals surface area (Å²) in [4.78, 5) is 0. The molecule has 0 saturated heterocycles. The first-order valence-corrected chi connectivity index (χ1v) is 6.76. The van der Waals surface area contributed by atoms with E-state index < -0.39 is 0 Å². The molecule has 0 unspecified atom stereocenters. The molecule has 2 nitrogen and oxygen atoms in total. The Bertz CT molecular complexity index is 520. The molecular formula is C17H20O2. The predicted molar refractivity (Wildman–Crippen MR) is 77.8 cm³/mol. The summed E-state index contributed by atoms with van der Waals surface area (Å²) >= 11 is 0. The summed E-state index contributed by atoms with van der Waals surface area (Å²) in [6, 6.07) is 16.2. The van der Waals surface area contributed by atoms with Gasteiger partial charge in [0.25, 0.3) is 0 Å². The van der Waals surface area contributed by atoms with Crippen LogP contribution in [0.3, 0.4) is 0 Å². The summed E-state index contributed by atoms with van der Waals surface area (Å²) in [6.45, 7) is 5.37. The molecule has 0 N–H and O–H groups in total. The highest BCUT2D eigenvalue weighted by Gasteiger charge is 2.02. The highest BCUT2D eigenvalue weighted by atomic mass is 16.5. The Hall–Kier alpha value is -1.96. The largest absolute Gasteiger partial charge is 0.494 e. The fourth-order valence-corrected chi connectivity index (χ4v) is 1.99. The Morgan fingerprint density at radius 3 is 2.53 bits per heavy atom. The maximum atomic E-state index is 5.89. The molecule has 100 valence electrons. The van der Waals surface area contributed by atoms with E-state index in [1.165, 1.54) is 5.56 Å². The highest BCUT2D eigenvalue weighted by molar-refractivity contribution is 5.34. The highest BCUT2D eigenvalue weighted by Crippen LogP contribution is 2.21. The maximum absolute atomic E-state index is 5.89. The smallest absolute Gasteiger partial charge is 0.122 e. The van der Waals surface area contributed by atoms with Crippen molar-refractivity contribution >= 4 is 0 Å². The summed E-state index contributed by atoms with van der Waals surface area (Å²) in [5.41, 5.74) is 2.36. The van der Waals surface area contributed by atoms with E-state index in [2.05, 4.69) is 19.1 Å². The molecule has 2 aromatic carbocycles. The minimum atomic E-state index is 0.567. The number of aryl methyl sites for hydroxylation is 1. The third-order valence-corrected chi connectivity index (χ3v) is 2.96. The summed E-state index contributed by atoms with van der Waals surface area (Å²) in [7, 11) is 0. The van der Waals surface area contributed by atoms with Gasteiger partial charge in [-0.3, -0.25) is 0 Å². The van der Waals surface area contributed by atoms with Gasteiger partial charge in [0.2, 0.25) is 0 Å². The van der Waals surface area contributed by atoms with E-state index in [0.717, 1.165) is 23.5 Å². The van der Waals surface area contributed by atoms with Crippen LogP contribution in [0.5, 0.6) is 11.5 Å². The van der Waals surface area contributed by atoms with Crippen molar-refractivity contribution < 1.29 is 9.47 Å². The van der Waals surface area contributed by atoms with Crippen molar-refractivity contribution in [3.05, 3.63) is 59.7 Å². The minimum Gasteiger partial charge on any atom is -0.494 e. The third-order valence-electron chi connectivity index (χ3n) is 2.96. The van der Waals surface area contributed by atoms with Crippen LogP contribution in [-0.2, 0) is 13.0 Å². The van der Waals surface area contributed by atoms with Gasteiger partial charge in [-0.05, 0) is 42.7 Å². The van der Waals surface area contributed by atoms with Crippen molar-refractivity contribution in [1.29, 1.82) is 0 Å². The van der Waals surface area contributed by atoms with Crippen LogP contribution < -0.4 is 9.47 Å². The fraction of sp³-hybridized carbons (Fsp3) is 0.294. The quantitative estimate of drug-likeness (QED) is 0.770. The molecule has 0 heterocycles. The summed E-state index contributed by atoms with van der Waals surface area (Å²) < 4.78 is 11.4. The lowest BCUT2D eigenvalue weighted by molar-refractivity contribution is 0.300. The number of benzene rings is 2. The van der Waals surface area contributed by atoms with E-state index in [9.17, 15) is 0 Å². The molecule has 0 bridgehead atoms. The average Bonchev–Trinajstić information content (AvgIpc) is 2.46. The molecular weight excluding hydrogens is 236 g/mol. The van der Waals surface area contributed by atoms with Gasteiger partial charge in [0.1, 0.15) is 18.1 Å². The monoisotopic (exact) mass is 256 g/mol. The van der Waals surface area contributed by atoms with E-state index in [0.29, 0.717) is 13.2 Å². The molecule has 0 aliphatic carbocycles. The number of hydrogen-bond donors (Lipinski definition) is 0. The van der Waals surface area contributed by atoms with Gasteiger partial charge in [-0.15, -0.1) is 0 Å². The second kappa shape index (κ2) is 6.83. The molecule has 0 saturated carbocycles. The first kappa shape index (κ1) is 13.5. The van der Waals surface area contributed by atoms with Gasteiger partial charge in [-0.1, -0.05) is 37.3 Å². The molecule has 0 aliphatic rings. The third kappa shape index (κ3) is 3.75. The number of ether oxygens (including phenoxy) is 2. The van der Waals surface area contributed by atoms with Crippen LogP contribution >= 0.6 is 0 Å². The number of para-hydroxylation sites is 1. The van der Waals surface area contributed by atoms with Crippen molar-refractivity contribution in [1.82, 2.24) is 0 Å². The van der Waals surface area contributed by atoms with Gasteiger partial charge in [-0.25, -0.2) is 0 Å². The predicted octanol–water partition coefficient (Wildman–Crippen LogP) is 4.23. The van der Waals surface area contributed by atoms with Crippen LogP contribution in [0.1, 0.15) is 25.0 Å². The lowest BCUT2D eigenvalue weighted by Crippen LogP contribution is -1.99. The second-order valence-electron chi connectivity index (χ2n) is 4.33. The van der Waals surface area contributed by atoms with Gasteiger partial charge < -0.3 is 9.47 Å². The second-order valence-corrected chi connectivity index (χ2v) is 4.33. The van der Waals surface area contributed by atoms with Crippen LogP contribution in [0.2, 0.25) is 0 Å². The molecule has 0 atom stereocenters. The lowest BCUT2D eigenvalue weighted by Gasteiger charge is -2.11. The van der Waals surface area contributed by atoms with Gasteiger partial charge in [0, 0.05) is 0 Å². The zero-order chi connectivity index (χ0) is 13.5. The van der Waals surface area contributed by atoms with Crippen molar-refractivity contribution in [2.24, 2.45) is 0 Å². The Labute approximate surface area is 115 Å². The molecule has 2 rings (SSSR count). The van der Waals surface area contributed by atoms with Crippen molar-refractivity contribution in [2.45, 2.75) is 26.9 Å². The van der Waals surface area contributed by atoms with Crippen LogP contribution in [0.25, 0.3) is 0 Å². The molecule has 2 heteroatoms. The van der Waals surface area contributed by atoms with E-state index in [4.69, 9.17) is 9.47 Å². The van der Waals surface area contributed by atoms with E-state index >= 15 is 0 Å². The molecule has 19 heavy (non-hydrogen) atoms. The van der Waals surface area contributed by atoms with Crippen molar-refractivity contribution in [3.8, 4) is 11.5 Å². The molecule has 0 radical (unpaired) electrons. The molecule has 2 aromatic rings. The SMILES string of the molecule is CCOc1cccc(COc2ccccc2CC)c1. The van der Waals surface area contributed by atoms with Crippen LogP contribution in [-0.4, -0.2) is 6.61 Å². The number of hydrogen-bond acceptors (Lipinski definition) is 2. The van der Waals surface area contributed by atoms with E-state index in [-0.39, 0.29) is 0 Å². The summed E-state index contributed by atoms with van der Waals surface area (Å²) in [5, 5.41) is 0. The Kier molecular flexibility index (Phi) is 4.85. The zero-order valence-electron chi connectivity index (χ0n) is 11.6. The number of rotatable bonds is 6. The first-order valence-electron chi connectivity index (χ1n) is 6.76. The van der Waals surface area contributed by atoms with Gasteiger partial charge in [-0.2, -0.15) is 0 Å². The van der Waals surface area contributed by atoms with Gasteiger partial charge in [0.05, 0.1) is 6.61 Å². The van der Waals surface area contributed by atoms with Crippen molar-refractivity contribution in [3.63, 3.8) is 0 Å². The Morgan fingerprint density at radius 1 is 0.895 bits per heavy atom. The topological polar surface area (TPSA) is 18.5 Å². The molecule has 0 amide bonds. The standard InChI is InChI=1S/C17H20O2/c1-3-15-9-5-6-11-17(15)19-13-14-8-7-10-16(12-14)18-4-2/h5-12H,3-4,13H2,1-2H3. The van der Waals surface area contributed by atoms with Gasteiger partial charge in [0.15, 0.2) is 0 Å². The first-order chi connectivity index (χ1) is 9.33. The van der Waals surface area contributed by atoms with E-state index in [1.807, 2.05) is 43.3 Å². The van der Waals surface area contributed by atoms with E-state index in [1.54, 1.807) is 0 Å². The average molecular weight is 256 g/mol. The maximum Gasteiger partial charge on any atom is 0.122 e. The van der Waals surface area contributed by atoms with Crippen LogP contribution in [0, 0.1) is 0 Å². The van der Waals surface area contributed by atoms with Crippen molar-refractivity contribution in [2.75, 3.05) is 6.61 Å². The summed E-state index contributed by atoms with van der Waals surface area (Å²) in [5.74, 6) is 1.86. The molecule has 0 aromatic heterocycles. The fourth-order valence-electron chi connectivity index (χ4n) is 1.99. The molecule has 0 fully saturated rings. The van der Waals surface area contributed by atoms with Crippen LogP contribution in [0.15, 0.2) is 48.5 Å². The van der Waals surface area contributed by atoms with Crippen LogP contribution in [0.4, 0.5) is 0 Å². The zero-order valence-corrected chi connectivity index (χ0v) is 11.6. The molecule has 0 aliphatic heterocycles.